The number of thiophene rings is 1. The molecule has 0 bridgehead atoms. The molecule has 0 amide bonds. The third-order valence-corrected chi connectivity index (χ3v) is 3.69. The van der Waals surface area contributed by atoms with Crippen LogP contribution in [0.1, 0.15) is 17.4 Å². The molecule has 0 aliphatic carbocycles. The molecule has 2 nitrogen and oxygen atoms in total. The van der Waals surface area contributed by atoms with Gasteiger partial charge in [0, 0.05) is 23.9 Å². The normalized spacial score (nSPS) is 12.7. The minimum absolute atomic E-state index is 0.438. The molecule has 0 saturated heterocycles. The molecule has 0 aliphatic rings. The van der Waals surface area contributed by atoms with E-state index in [1.165, 1.54) is 11.3 Å². The van der Waals surface area contributed by atoms with Crippen LogP contribution in [0.25, 0.3) is 0 Å². The second-order valence-corrected chi connectivity index (χ2v) is 5.61. The third-order valence-electron chi connectivity index (χ3n) is 2.17. The molecule has 0 saturated carbocycles. The SMILES string of the molecule is OC(Cc1ccccn1)c1cc(Cl)sc1Cl. The first-order valence-electron chi connectivity index (χ1n) is 4.69. The maximum atomic E-state index is 9.99. The predicted molar refractivity (Wildman–Crippen MR) is 67.2 cm³/mol. The molecule has 0 spiro atoms. The number of rotatable bonds is 3. The van der Waals surface area contributed by atoms with Gasteiger partial charge in [-0.2, -0.15) is 0 Å². The van der Waals surface area contributed by atoms with Gasteiger partial charge in [-0.05, 0) is 18.2 Å². The van der Waals surface area contributed by atoms with Crippen molar-refractivity contribution in [2.45, 2.75) is 12.5 Å². The van der Waals surface area contributed by atoms with Crippen LogP contribution in [0.5, 0.6) is 0 Å². The van der Waals surface area contributed by atoms with Gasteiger partial charge in [0.05, 0.1) is 10.4 Å². The van der Waals surface area contributed by atoms with E-state index in [-0.39, 0.29) is 0 Å². The lowest BCUT2D eigenvalue weighted by molar-refractivity contribution is 0.178. The highest BCUT2D eigenvalue weighted by Gasteiger charge is 2.15. The Kier molecular flexibility index (Phi) is 3.82. The van der Waals surface area contributed by atoms with Crippen molar-refractivity contribution in [3.63, 3.8) is 0 Å². The fourth-order valence-corrected chi connectivity index (χ4v) is 2.97. The lowest BCUT2D eigenvalue weighted by Gasteiger charge is -2.08. The predicted octanol–water partition coefficient (Wildman–Crippen LogP) is 3.73. The van der Waals surface area contributed by atoms with Gasteiger partial charge in [-0.1, -0.05) is 29.3 Å². The number of hydrogen-bond donors (Lipinski definition) is 1. The molecule has 1 unspecified atom stereocenters. The van der Waals surface area contributed by atoms with Gasteiger partial charge in [0.15, 0.2) is 0 Å². The van der Waals surface area contributed by atoms with Crippen molar-refractivity contribution < 1.29 is 5.11 Å². The molecule has 1 N–H and O–H groups in total. The van der Waals surface area contributed by atoms with Crippen LogP contribution in [-0.4, -0.2) is 10.1 Å². The summed E-state index contributed by atoms with van der Waals surface area (Å²) in [5.41, 5.74) is 1.50. The minimum Gasteiger partial charge on any atom is -0.388 e. The van der Waals surface area contributed by atoms with Crippen LogP contribution in [-0.2, 0) is 6.42 Å². The Morgan fingerprint density at radius 2 is 2.19 bits per heavy atom. The van der Waals surface area contributed by atoms with Gasteiger partial charge in [0.25, 0.3) is 0 Å². The summed E-state index contributed by atoms with van der Waals surface area (Å²) in [6, 6.07) is 7.29. The van der Waals surface area contributed by atoms with E-state index in [0.717, 1.165) is 5.69 Å². The molecule has 84 valence electrons. The number of aliphatic hydroxyl groups is 1. The number of halogens is 2. The lowest BCUT2D eigenvalue weighted by Crippen LogP contribution is -2.02. The summed E-state index contributed by atoms with van der Waals surface area (Å²) in [7, 11) is 0. The molecule has 0 fully saturated rings. The first-order chi connectivity index (χ1) is 7.66. The standard InChI is InChI=1S/C11H9Cl2NOS/c12-10-6-8(11(13)16-10)9(15)5-7-3-1-2-4-14-7/h1-4,6,9,15H,5H2. The van der Waals surface area contributed by atoms with Crippen LogP contribution in [0.2, 0.25) is 8.67 Å². The maximum absolute atomic E-state index is 9.99. The number of pyridine rings is 1. The average Bonchev–Trinajstić information content (AvgIpc) is 2.59. The van der Waals surface area contributed by atoms with E-state index in [1.54, 1.807) is 12.3 Å². The first kappa shape index (κ1) is 11.9. The Balaban J connectivity index is 2.14. The molecule has 2 rings (SSSR count). The van der Waals surface area contributed by atoms with Crippen LogP contribution < -0.4 is 0 Å². The summed E-state index contributed by atoms with van der Waals surface area (Å²) in [4.78, 5) is 4.15. The lowest BCUT2D eigenvalue weighted by atomic mass is 10.1. The number of nitrogens with zero attached hydrogens (tertiary/aromatic N) is 1. The van der Waals surface area contributed by atoms with E-state index < -0.39 is 6.10 Å². The second kappa shape index (κ2) is 5.15. The minimum atomic E-state index is -0.661. The molecular weight excluding hydrogens is 265 g/mol. The fraction of sp³-hybridized carbons (Fsp3) is 0.182. The van der Waals surface area contributed by atoms with Gasteiger partial charge >= 0.3 is 0 Å². The monoisotopic (exact) mass is 273 g/mol. The Bertz CT molecular complexity index is 472. The van der Waals surface area contributed by atoms with E-state index >= 15 is 0 Å². The van der Waals surface area contributed by atoms with Gasteiger partial charge in [-0.3, -0.25) is 4.98 Å². The number of aromatic nitrogens is 1. The Labute approximate surface area is 107 Å². The molecule has 0 radical (unpaired) electrons. The third kappa shape index (κ3) is 2.74. The van der Waals surface area contributed by atoms with Crippen molar-refractivity contribution in [3.05, 3.63) is 50.4 Å². The summed E-state index contributed by atoms with van der Waals surface area (Å²) >= 11 is 13.0. The molecule has 2 aromatic heterocycles. The van der Waals surface area contributed by atoms with Crippen molar-refractivity contribution in [1.82, 2.24) is 4.98 Å². The van der Waals surface area contributed by atoms with E-state index in [0.29, 0.717) is 20.7 Å². The Hall–Kier alpha value is -0.610. The van der Waals surface area contributed by atoms with E-state index in [9.17, 15) is 5.11 Å². The summed E-state index contributed by atoms with van der Waals surface area (Å²) in [6.45, 7) is 0. The zero-order valence-electron chi connectivity index (χ0n) is 8.23. The molecule has 0 aliphatic heterocycles. The van der Waals surface area contributed by atoms with Crippen molar-refractivity contribution >= 4 is 34.5 Å². The van der Waals surface area contributed by atoms with Gasteiger partial charge in [-0.25, -0.2) is 0 Å². The quantitative estimate of drug-likeness (QED) is 0.925. The summed E-state index contributed by atoms with van der Waals surface area (Å²) < 4.78 is 1.12. The van der Waals surface area contributed by atoms with Gasteiger partial charge in [0.1, 0.15) is 4.34 Å². The summed E-state index contributed by atoms with van der Waals surface area (Å²) in [5.74, 6) is 0. The highest BCUT2D eigenvalue weighted by atomic mass is 35.5. The number of aliphatic hydroxyl groups excluding tert-OH is 1. The van der Waals surface area contributed by atoms with E-state index in [4.69, 9.17) is 23.2 Å². The Morgan fingerprint density at radius 1 is 1.38 bits per heavy atom. The van der Waals surface area contributed by atoms with Crippen LogP contribution in [0, 0.1) is 0 Å². The van der Waals surface area contributed by atoms with E-state index in [1.807, 2.05) is 18.2 Å². The average molecular weight is 274 g/mol. The van der Waals surface area contributed by atoms with Crippen molar-refractivity contribution in [2.24, 2.45) is 0 Å². The highest BCUT2D eigenvalue weighted by molar-refractivity contribution is 7.20. The largest absolute Gasteiger partial charge is 0.388 e. The zero-order chi connectivity index (χ0) is 11.5. The van der Waals surface area contributed by atoms with Crippen molar-refractivity contribution in [2.75, 3.05) is 0 Å². The van der Waals surface area contributed by atoms with Crippen LogP contribution in [0.4, 0.5) is 0 Å². The smallest absolute Gasteiger partial charge is 0.100 e. The van der Waals surface area contributed by atoms with Crippen LogP contribution in [0.3, 0.4) is 0 Å². The van der Waals surface area contributed by atoms with Gasteiger partial charge in [0.2, 0.25) is 0 Å². The van der Waals surface area contributed by atoms with Crippen LogP contribution >= 0.6 is 34.5 Å². The summed E-state index contributed by atoms with van der Waals surface area (Å²) in [6.07, 6.45) is 1.48. The van der Waals surface area contributed by atoms with E-state index in [2.05, 4.69) is 4.98 Å². The zero-order valence-corrected chi connectivity index (χ0v) is 10.6. The molecule has 5 heteroatoms. The molecular formula is C11H9Cl2NOS. The molecule has 2 heterocycles. The maximum Gasteiger partial charge on any atom is 0.100 e. The highest BCUT2D eigenvalue weighted by Crippen LogP contribution is 2.35. The molecule has 0 aromatic carbocycles. The Morgan fingerprint density at radius 3 is 2.75 bits per heavy atom. The van der Waals surface area contributed by atoms with Crippen molar-refractivity contribution in [3.8, 4) is 0 Å². The summed E-state index contributed by atoms with van der Waals surface area (Å²) in [5, 5.41) is 9.99. The van der Waals surface area contributed by atoms with Crippen LogP contribution in [0.15, 0.2) is 30.5 Å². The molecule has 2 aromatic rings. The second-order valence-electron chi connectivity index (χ2n) is 3.32. The van der Waals surface area contributed by atoms with Gasteiger partial charge < -0.3 is 5.11 Å². The molecule has 1 atom stereocenters. The fourth-order valence-electron chi connectivity index (χ4n) is 1.41. The first-order valence-corrected chi connectivity index (χ1v) is 6.27. The topological polar surface area (TPSA) is 33.1 Å². The van der Waals surface area contributed by atoms with Crippen molar-refractivity contribution in [1.29, 1.82) is 0 Å². The number of hydrogen-bond acceptors (Lipinski definition) is 3. The van der Waals surface area contributed by atoms with Gasteiger partial charge in [-0.15, -0.1) is 11.3 Å². The molecule has 16 heavy (non-hydrogen) atoms.